The van der Waals surface area contributed by atoms with Crippen LogP contribution in [0.25, 0.3) is 0 Å². The van der Waals surface area contributed by atoms with Crippen LogP contribution >= 0.6 is 0 Å². The Labute approximate surface area is 145 Å². The number of ether oxygens (including phenoxy) is 3. The molecule has 8 nitrogen and oxygen atoms in total. The van der Waals surface area contributed by atoms with Crippen molar-refractivity contribution in [3.63, 3.8) is 0 Å². The Morgan fingerprint density at radius 3 is 2.73 bits per heavy atom. The predicted molar refractivity (Wildman–Crippen MR) is 82.1 cm³/mol. The minimum absolute atomic E-state index is 0.0814. The molecule has 2 aliphatic carbocycles. The number of epoxide rings is 1. The lowest BCUT2D eigenvalue weighted by molar-refractivity contribution is -0.00488. The number of Topliss-reactive ketones (excluding diaryl/α,β-unsaturated/α-hetero) is 2. The maximum Gasteiger partial charge on any atom is 0.250 e. The van der Waals surface area contributed by atoms with E-state index in [1.54, 1.807) is 6.08 Å². The molecule has 1 fully saturated rings. The summed E-state index contributed by atoms with van der Waals surface area (Å²) >= 11 is 0. The van der Waals surface area contributed by atoms with Gasteiger partial charge in [-0.05, 0) is 12.1 Å². The van der Waals surface area contributed by atoms with E-state index in [1.807, 2.05) is 0 Å². The average Bonchev–Trinajstić information content (AvgIpc) is 2.89. The zero-order valence-corrected chi connectivity index (χ0v) is 12.9. The number of hydrogen-bond donors (Lipinski definition) is 3. The van der Waals surface area contributed by atoms with Gasteiger partial charge in [0.15, 0.2) is 5.60 Å². The van der Waals surface area contributed by atoms with Gasteiger partial charge >= 0.3 is 0 Å². The van der Waals surface area contributed by atoms with Crippen LogP contribution < -0.4 is 4.74 Å². The number of aromatic hydroxyl groups is 1. The van der Waals surface area contributed by atoms with E-state index in [2.05, 4.69) is 0 Å². The number of hydrogen-bond acceptors (Lipinski definition) is 8. The maximum absolute atomic E-state index is 13.1. The number of benzene rings is 1. The highest BCUT2D eigenvalue weighted by atomic mass is 16.7. The van der Waals surface area contributed by atoms with Gasteiger partial charge in [-0.15, -0.1) is 0 Å². The molecule has 0 saturated carbocycles. The van der Waals surface area contributed by atoms with Crippen molar-refractivity contribution in [1.82, 2.24) is 0 Å². The number of aliphatic hydroxyl groups is 2. The van der Waals surface area contributed by atoms with Gasteiger partial charge in [-0.1, -0.05) is 0 Å². The van der Waals surface area contributed by atoms with Gasteiger partial charge < -0.3 is 29.5 Å². The van der Waals surface area contributed by atoms with Gasteiger partial charge in [-0.3, -0.25) is 9.59 Å². The number of aliphatic hydroxyl groups excluding tert-OH is 2. The molecule has 3 heterocycles. The summed E-state index contributed by atoms with van der Waals surface area (Å²) < 4.78 is 16.3. The molecule has 5 aliphatic rings. The Kier molecular flexibility index (Phi) is 2.03. The average molecular weight is 354 g/mol. The summed E-state index contributed by atoms with van der Waals surface area (Å²) in [6.45, 7) is 0. The highest BCUT2D eigenvalue weighted by molar-refractivity contribution is 6.29. The highest BCUT2D eigenvalue weighted by Gasteiger charge is 2.84. The lowest BCUT2D eigenvalue weighted by atomic mass is 9.70. The lowest BCUT2D eigenvalue weighted by Crippen LogP contribution is -2.46. The summed E-state index contributed by atoms with van der Waals surface area (Å²) in [5.41, 5.74) is -3.68. The van der Waals surface area contributed by atoms with Crippen LogP contribution in [-0.4, -0.2) is 44.4 Å². The summed E-state index contributed by atoms with van der Waals surface area (Å²) in [4.78, 5) is 26.2. The molecule has 4 atom stereocenters. The molecule has 6 rings (SSSR count). The zero-order chi connectivity index (χ0) is 18.0. The number of phenols is 1. The minimum atomic E-state index is -1.93. The second-order valence-electron chi connectivity index (χ2n) is 6.81. The monoisotopic (exact) mass is 354 g/mol. The second-order valence-corrected chi connectivity index (χ2v) is 6.81. The van der Waals surface area contributed by atoms with Crippen molar-refractivity contribution < 1.29 is 39.1 Å². The van der Waals surface area contributed by atoms with E-state index >= 15 is 0 Å². The molecule has 0 bridgehead atoms. The van der Waals surface area contributed by atoms with Crippen molar-refractivity contribution in [2.45, 2.75) is 23.4 Å². The normalized spacial score (nSPS) is 37.4. The van der Waals surface area contributed by atoms with Crippen molar-refractivity contribution in [1.29, 1.82) is 0 Å². The molecule has 0 aromatic heterocycles. The molecule has 2 unspecified atom stereocenters. The van der Waals surface area contributed by atoms with Crippen LogP contribution in [0, 0.1) is 0 Å². The molecule has 130 valence electrons. The molecular weight excluding hydrogens is 344 g/mol. The summed E-state index contributed by atoms with van der Waals surface area (Å²) in [6.07, 6.45) is 4.53. The third kappa shape index (κ3) is 1.18. The van der Waals surface area contributed by atoms with Crippen LogP contribution in [0.4, 0.5) is 0 Å². The van der Waals surface area contributed by atoms with Gasteiger partial charge in [-0.2, -0.15) is 0 Å². The lowest BCUT2D eigenvalue weighted by Gasteiger charge is -2.26. The number of carbonyl (C=O) groups is 2. The summed E-state index contributed by atoms with van der Waals surface area (Å²) in [5, 5.41) is 30.8. The molecule has 3 N–H and O–H groups in total. The largest absolute Gasteiger partial charge is 0.508 e. The van der Waals surface area contributed by atoms with E-state index in [0.29, 0.717) is 5.56 Å². The number of fused-ring (bicyclic) bond motifs is 4. The molecule has 1 aromatic carbocycles. The van der Waals surface area contributed by atoms with Gasteiger partial charge in [0.2, 0.25) is 17.2 Å². The number of rotatable bonds is 0. The zero-order valence-electron chi connectivity index (χ0n) is 12.9. The molecule has 1 saturated heterocycles. The first-order valence-electron chi connectivity index (χ1n) is 7.92. The minimum Gasteiger partial charge on any atom is -0.508 e. The molecule has 8 heteroatoms. The molecule has 0 amide bonds. The first-order valence-corrected chi connectivity index (χ1v) is 7.92. The van der Waals surface area contributed by atoms with Crippen molar-refractivity contribution in [3.05, 3.63) is 58.8 Å². The number of allylic oxidation sites excluding steroid dienone is 1. The molecule has 26 heavy (non-hydrogen) atoms. The van der Waals surface area contributed by atoms with E-state index in [1.165, 1.54) is 12.3 Å². The van der Waals surface area contributed by atoms with Crippen molar-refractivity contribution >= 4 is 11.6 Å². The third-order valence-electron chi connectivity index (χ3n) is 5.59. The Balaban J connectivity index is 1.64. The predicted octanol–water partition coefficient (Wildman–Crippen LogP) is 1.52. The summed E-state index contributed by atoms with van der Waals surface area (Å²) in [7, 11) is 0. The fourth-order valence-corrected chi connectivity index (χ4v) is 4.39. The first kappa shape index (κ1) is 14.0. The molecule has 0 radical (unpaired) electrons. The smallest absolute Gasteiger partial charge is 0.250 e. The van der Waals surface area contributed by atoms with Crippen LogP contribution in [0.15, 0.2) is 42.1 Å². The van der Waals surface area contributed by atoms with E-state index in [0.717, 1.165) is 12.2 Å². The van der Waals surface area contributed by atoms with E-state index in [-0.39, 0.29) is 28.4 Å². The van der Waals surface area contributed by atoms with Crippen LogP contribution in [-0.2, 0) is 9.47 Å². The molecule has 3 aliphatic heterocycles. The quantitative estimate of drug-likeness (QED) is 0.599. The Morgan fingerprint density at radius 1 is 1.12 bits per heavy atom. The van der Waals surface area contributed by atoms with Crippen LogP contribution in [0.3, 0.4) is 0 Å². The Hall–Kier alpha value is -3.26. The van der Waals surface area contributed by atoms with Gasteiger partial charge in [0, 0.05) is 17.7 Å². The van der Waals surface area contributed by atoms with Crippen molar-refractivity contribution in [2.75, 3.05) is 0 Å². The highest BCUT2D eigenvalue weighted by Crippen LogP contribution is 2.64. The molecule has 1 aromatic rings. The second kappa shape index (κ2) is 3.78. The summed E-state index contributed by atoms with van der Waals surface area (Å²) in [5.74, 6) is -2.88. The third-order valence-corrected chi connectivity index (χ3v) is 5.59. The van der Waals surface area contributed by atoms with Gasteiger partial charge in [-0.25, -0.2) is 0 Å². The standard InChI is InChI=1S/C18H10O8/c19-6-3-10(20)18-15(23)12-8(14(22)17(18,5-6)26-18)4-9-11(13(12)21)7-1-2-24-16(7)25-9/h1-5,7,16,19-21H/t7-,16+,17?,18?/m0/s1. The SMILES string of the molecule is O=C1c2cc3c(c(O)c2C(=O)C24OC12C=C(O)C=C4O)[C@@H]1C=CO[C@@H]1O3. The topological polar surface area (TPSA) is 126 Å². The Morgan fingerprint density at radius 2 is 1.92 bits per heavy atom. The van der Waals surface area contributed by atoms with Crippen LogP contribution in [0.5, 0.6) is 11.5 Å². The van der Waals surface area contributed by atoms with Crippen molar-refractivity contribution in [3.8, 4) is 11.5 Å². The van der Waals surface area contributed by atoms with E-state index in [9.17, 15) is 24.9 Å². The molecule has 0 spiro atoms. The van der Waals surface area contributed by atoms with Crippen molar-refractivity contribution in [2.24, 2.45) is 0 Å². The Bertz CT molecular complexity index is 1060. The van der Waals surface area contributed by atoms with Crippen LogP contribution in [0.1, 0.15) is 32.2 Å². The van der Waals surface area contributed by atoms with Gasteiger partial charge in [0.1, 0.15) is 23.0 Å². The first-order chi connectivity index (χ1) is 12.4. The number of phenolic OH excluding ortho intramolecular Hbond substituents is 1. The maximum atomic E-state index is 13.1. The number of carbonyl (C=O) groups excluding carboxylic acids is 2. The van der Waals surface area contributed by atoms with Gasteiger partial charge in [0.25, 0.3) is 6.29 Å². The summed E-state index contributed by atoms with van der Waals surface area (Å²) in [6, 6.07) is 1.38. The van der Waals surface area contributed by atoms with Gasteiger partial charge in [0.05, 0.1) is 23.3 Å². The van der Waals surface area contributed by atoms with Crippen LogP contribution in [0.2, 0.25) is 0 Å². The molecular formula is C18H10O8. The van der Waals surface area contributed by atoms with E-state index < -0.39 is 40.7 Å². The fourth-order valence-electron chi connectivity index (χ4n) is 4.39. The number of ketones is 2. The van der Waals surface area contributed by atoms with E-state index in [4.69, 9.17) is 14.2 Å². The fraction of sp³-hybridized carbons (Fsp3) is 0.222.